The van der Waals surface area contributed by atoms with Gasteiger partial charge in [-0.25, -0.2) is 0 Å². The predicted molar refractivity (Wildman–Crippen MR) is 93.0 cm³/mol. The van der Waals surface area contributed by atoms with Crippen molar-refractivity contribution in [2.24, 2.45) is 11.8 Å². The highest BCUT2D eigenvalue weighted by atomic mass is 16.2. The molecule has 2 aromatic rings. The van der Waals surface area contributed by atoms with Crippen LogP contribution < -0.4 is 10.2 Å². The van der Waals surface area contributed by atoms with E-state index in [-0.39, 0.29) is 18.4 Å². The first-order chi connectivity index (χ1) is 11.7. The topological polar surface area (TPSA) is 49.4 Å². The summed E-state index contributed by atoms with van der Waals surface area (Å²) in [5, 5.41) is 5.20. The number of benzene rings is 2. The zero-order valence-corrected chi connectivity index (χ0v) is 13.5. The second-order valence-electron chi connectivity index (χ2n) is 7.42. The number of anilines is 1. The van der Waals surface area contributed by atoms with Crippen LogP contribution in [0.3, 0.4) is 0 Å². The highest BCUT2D eigenvalue weighted by Gasteiger charge is 2.40. The lowest BCUT2D eigenvalue weighted by Gasteiger charge is -2.24. The molecule has 0 unspecified atom stereocenters. The van der Waals surface area contributed by atoms with E-state index in [0.717, 1.165) is 28.8 Å². The summed E-state index contributed by atoms with van der Waals surface area (Å²) in [7, 11) is 0. The van der Waals surface area contributed by atoms with E-state index < -0.39 is 0 Å². The van der Waals surface area contributed by atoms with Crippen molar-refractivity contribution in [3.63, 3.8) is 0 Å². The normalized spacial score (nSPS) is 27.2. The van der Waals surface area contributed by atoms with Crippen LogP contribution in [0.4, 0.5) is 5.69 Å². The van der Waals surface area contributed by atoms with Crippen LogP contribution in [0, 0.1) is 11.8 Å². The number of hydrogen-bond acceptors (Lipinski definition) is 2. The van der Waals surface area contributed by atoms with Crippen molar-refractivity contribution in [3.8, 4) is 0 Å². The van der Waals surface area contributed by atoms with E-state index in [1.165, 1.54) is 19.3 Å². The Morgan fingerprint density at radius 3 is 2.71 bits per heavy atom. The first kappa shape index (κ1) is 14.0. The van der Waals surface area contributed by atoms with Crippen LogP contribution in [0.1, 0.15) is 36.0 Å². The molecule has 2 fully saturated rings. The van der Waals surface area contributed by atoms with Gasteiger partial charge in [-0.3, -0.25) is 14.5 Å². The molecule has 0 aromatic heterocycles. The molecule has 1 heterocycles. The Morgan fingerprint density at radius 2 is 1.96 bits per heavy atom. The van der Waals surface area contributed by atoms with E-state index in [9.17, 15) is 9.59 Å². The van der Waals surface area contributed by atoms with Gasteiger partial charge >= 0.3 is 0 Å². The molecule has 3 atom stereocenters. The average molecular weight is 320 g/mol. The Bertz CT molecular complexity index is 855. The van der Waals surface area contributed by atoms with Crippen molar-refractivity contribution < 1.29 is 9.59 Å². The van der Waals surface area contributed by atoms with Crippen LogP contribution in [-0.4, -0.2) is 24.4 Å². The Kier molecular flexibility index (Phi) is 2.96. The van der Waals surface area contributed by atoms with Gasteiger partial charge in [0.2, 0.25) is 5.91 Å². The van der Waals surface area contributed by atoms with Crippen LogP contribution in [0.25, 0.3) is 10.8 Å². The van der Waals surface area contributed by atoms with Gasteiger partial charge in [0.15, 0.2) is 0 Å². The van der Waals surface area contributed by atoms with Gasteiger partial charge < -0.3 is 5.32 Å². The summed E-state index contributed by atoms with van der Waals surface area (Å²) in [6.07, 6.45) is 4.93. The molecule has 0 spiro atoms. The van der Waals surface area contributed by atoms with E-state index in [1.54, 1.807) is 4.90 Å². The predicted octanol–water partition coefficient (Wildman–Crippen LogP) is 3.10. The Labute approximate surface area is 140 Å². The van der Waals surface area contributed by atoms with Crippen LogP contribution in [0.15, 0.2) is 36.4 Å². The van der Waals surface area contributed by atoms with Gasteiger partial charge in [0, 0.05) is 17.0 Å². The van der Waals surface area contributed by atoms with E-state index in [0.29, 0.717) is 17.5 Å². The lowest BCUT2D eigenvalue weighted by atomic mass is 9.95. The molecule has 4 nitrogen and oxygen atoms in total. The quantitative estimate of drug-likeness (QED) is 0.945. The van der Waals surface area contributed by atoms with E-state index in [2.05, 4.69) is 5.32 Å². The molecule has 0 radical (unpaired) electrons. The van der Waals surface area contributed by atoms with Crippen molar-refractivity contribution in [2.75, 3.05) is 11.4 Å². The molecular weight excluding hydrogens is 300 g/mol. The summed E-state index contributed by atoms with van der Waals surface area (Å²) < 4.78 is 0. The monoisotopic (exact) mass is 320 g/mol. The minimum absolute atomic E-state index is 0.0364. The fourth-order valence-electron chi connectivity index (χ4n) is 4.95. The Hall–Kier alpha value is -2.36. The average Bonchev–Trinajstić information content (AvgIpc) is 3.26. The third-order valence-electron chi connectivity index (χ3n) is 6.04. The SMILES string of the molecule is O=C(CN1C(=O)c2cccc3cccc1c23)N[C@@H]1C[C@@H]2CC[C@@H]1C2. The van der Waals surface area contributed by atoms with Gasteiger partial charge in [-0.15, -0.1) is 0 Å². The molecule has 2 aromatic carbocycles. The maximum absolute atomic E-state index is 12.7. The maximum atomic E-state index is 12.7. The number of fused-ring (bicyclic) bond motifs is 2. The molecule has 1 N–H and O–H groups in total. The lowest BCUT2D eigenvalue weighted by Crippen LogP contribution is -2.45. The molecular formula is C20H20N2O2. The largest absolute Gasteiger partial charge is 0.352 e. The molecule has 4 heteroatoms. The van der Waals surface area contributed by atoms with Crippen LogP contribution in [-0.2, 0) is 4.79 Å². The van der Waals surface area contributed by atoms with Crippen molar-refractivity contribution >= 4 is 28.3 Å². The second-order valence-corrected chi connectivity index (χ2v) is 7.42. The second kappa shape index (κ2) is 5.07. The van der Waals surface area contributed by atoms with Gasteiger partial charge in [-0.1, -0.05) is 30.7 Å². The number of amides is 2. The third kappa shape index (κ3) is 1.98. The molecule has 2 amide bonds. The van der Waals surface area contributed by atoms with Crippen LogP contribution >= 0.6 is 0 Å². The minimum atomic E-state index is -0.0649. The number of carbonyl (C=O) groups excluding carboxylic acids is 2. The highest BCUT2D eigenvalue weighted by Crippen LogP contribution is 2.44. The van der Waals surface area contributed by atoms with Crippen molar-refractivity contribution in [1.29, 1.82) is 0 Å². The molecule has 1 aliphatic heterocycles. The summed E-state index contributed by atoms with van der Waals surface area (Å²) in [6.45, 7) is 0.112. The third-order valence-corrected chi connectivity index (χ3v) is 6.04. The molecule has 2 bridgehead atoms. The van der Waals surface area contributed by atoms with Crippen molar-refractivity contribution in [1.82, 2.24) is 5.32 Å². The fraction of sp³-hybridized carbons (Fsp3) is 0.400. The zero-order valence-electron chi connectivity index (χ0n) is 13.5. The molecule has 24 heavy (non-hydrogen) atoms. The summed E-state index contributed by atoms with van der Waals surface area (Å²) in [5.41, 5.74) is 1.56. The van der Waals surface area contributed by atoms with Crippen LogP contribution in [0.5, 0.6) is 0 Å². The molecule has 0 saturated heterocycles. The Balaban J connectivity index is 1.37. The van der Waals surface area contributed by atoms with E-state index in [4.69, 9.17) is 0 Å². The number of nitrogens with zero attached hydrogens (tertiary/aromatic N) is 1. The van der Waals surface area contributed by atoms with Gasteiger partial charge in [-0.05, 0) is 48.6 Å². The molecule has 2 aliphatic carbocycles. The van der Waals surface area contributed by atoms with E-state index in [1.807, 2.05) is 36.4 Å². The maximum Gasteiger partial charge on any atom is 0.259 e. The van der Waals surface area contributed by atoms with Gasteiger partial charge in [0.25, 0.3) is 5.91 Å². The number of nitrogens with one attached hydrogen (secondary N) is 1. The summed E-state index contributed by atoms with van der Waals surface area (Å²) in [6, 6.07) is 12.0. The minimum Gasteiger partial charge on any atom is -0.352 e. The zero-order chi connectivity index (χ0) is 16.3. The summed E-state index contributed by atoms with van der Waals surface area (Å²) >= 11 is 0. The standard InChI is InChI=1S/C20H20N2O2/c23-18(21-16-10-12-7-8-14(16)9-12)11-22-17-6-2-4-13-3-1-5-15(19(13)17)20(22)24/h1-6,12,14,16H,7-11H2,(H,21,23)/t12-,14-,16-/m1/s1. The molecule has 122 valence electrons. The van der Waals surface area contributed by atoms with E-state index >= 15 is 0 Å². The van der Waals surface area contributed by atoms with Crippen molar-refractivity contribution in [2.45, 2.75) is 31.7 Å². The number of carbonyl (C=O) groups is 2. The first-order valence-electron chi connectivity index (χ1n) is 8.83. The molecule has 5 rings (SSSR count). The molecule has 2 saturated carbocycles. The first-order valence-corrected chi connectivity index (χ1v) is 8.83. The van der Waals surface area contributed by atoms with Gasteiger partial charge in [0.1, 0.15) is 6.54 Å². The Morgan fingerprint density at radius 1 is 1.12 bits per heavy atom. The highest BCUT2D eigenvalue weighted by molar-refractivity contribution is 6.26. The summed E-state index contributed by atoms with van der Waals surface area (Å²) in [4.78, 5) is 26.9. The molecule has 3 aliphatic rings. The van der Waals surface area contributed by atoms with Gasteiger partial charge in [0.05, 0.1) is 5.69 Å². The number of hydrogen-bond donors (Lipinski definition) is 1. The number of rotatable bonds is 3. The summed E-state index contributed by atoms with van der Waals surface area (Å²) in [5.74, 6) is 1.34. The van der Waals surface area contributed by atoms with Crippen molar-refractivity contribution in [3.05, 3.63) is 42.0 Å². The smallest absolute Gasteiger partial charge is 0.259 e. The fourth-order valence-corrected chi connectivity index (χ4v) is 4.95. The van der Waals surface area contributed by atoms with Gasteiger partial charge in [-0.2, -0.15) is 0 Å². The lowest BCUT2D eigenvalue weighted by molar-refractivity contribution is -0.120. The van der Waals surface area contributed by atoms with Crippen LogP contribution in [0.2, 0.25) is 0 Å².